The standard InChI is InChI=1S/C41H66O14/c1-36(2)11-13-41(35(51)55-34-31(50)29(48)28(47)24(17-42)53-34)14-12-39(5)20(21(41)15-36)7-8-26-37(3)16-22(44)32(54-33-30(49)27(46)23(45)18-52-33)38(4,19-43)25(37)9-10-40(26,39)6/h7,21-34,42-50H,8-19H2,1-6H3/t21-,22-,23+,24+,25+,26+,27-,28+,29-,30+,31+,32-,33-,34-,37-,38-,39+,40+,41-/m0/s1. The maximum absolute atomic E-state index is 14.5. The van der Waals surface area contributed by atoms with E-state index in [9.17, 15) is 50.8 Å². The maximum atomic E-state index is 14.5. The van der Waals surface area contributed by atoms with Gasteiger partial charge in [-0.1, -0.05) is 53.2 Å². The molecule has 0 aromatic carbocycles. The number of carbonyl (C=O) groups excluding carboxylic acids is 1. The third-order valence-electron chi connectivity index (χ3n) is 16.9. The highest BCUT2D eigenvalue weighted by Gasteiger charge is 2.71. The average molecular weight is 783 g/mol. The molecule has 2 aliphatic heterocycles. The van der Waals surface area contributed by atoms with Crippen molar-refractivity contribution in [1.82, 2.24) is 0 Å². The van der Waals surface area contributed by atoms with Crippen molar-refractivity contribution in [3.8, 4) is 0 Å². The molecule has 0 aromatic heterocycles. The number of esters is 1. The topological polar surface area (TPSA) is 236 Å². The van der Waals surface area contributed by atoms with E-state index in [-0.39, 0.29) is 47.2 Å². The first kappa shape index (κ1) is 41.9. The number of fused-ring (bicyclic) bond motifs is 7. The van der Waals surface area contributed by atoms with Gasteiger partial charge in [0.2, 0.25) is 6.29 Å². The Labute approximate surface area is 323 Å². The van der Waals surface area contributed by atoms with E-state index in [1.165, 1.54) is 5.57 Å². The molecule has 0 aromatic rings. The number of rotatable bonds is 6. The van der Waals surface area contributed by atoms with Gasteiger partial charge in [-0.3, -0.25) is 4.79 Å². The predicted octanol–water partition coefficient (Wildman–Crippen LogP) is 0.899. The second-order valence-electron chi connectivity index (χ2n) is 20.2. The molecule has 0 radical (unpaired) electrons. The number of carbonyl (C=O) groups is 1. The Balaban J connectivity index is 1.19. The molecule has 14 heteroatoms. The van der Waals surface area contributed by atoms with Gasteiger partial charge in [0.05, 0.1) is 37.4 Å². The van der Waals surface area contributed by atoms with E-state index in [4.69, 9.17) is 18.9 Å². The van der Waals surface area contributed by atoms with Crippen LogP contribution in [0.1, 0.15) is 99.3 Å². The van der Waals surface area contributed by atoms with E-state index in [2.05, 4.69) is 40.7 Å². The summed E-state index contributed by atoms with van der Waals surface area (Å²) in [4.78, 5) is 14.5. The summed E-state index contributed by atoms with van der Waals surface area (Å²) in [5.74, 6) is -0.634. The molecule has 7 rings (SSSR count). The van der Waals surface area contributed by atoms with Crippen LogP contribution >= 0.6 is 0 Å². The summed E-state index contributed by atoms with van der Waals surface area (Å²) in [6.45, 7) is 12.2. The lowest BCUT2D eigenvalue weighted by Gasteiger charge is -2.71. The number of allylic oxidation sites excluding steroid dienone is 2. The Hall–Kier alpha value is -1.27. The third kappa shape index (κ3) is 6.13. The van der Waals surface area contributed by atoms with E-state index < -0.39 is 96.3 Å². The van der Waals surface area contributed by atoms with Gasteiger partial charge in [-0.25, -0.2) is 0 Å². The number of aliphatic hydroxyl groups is 9. The second kappa shape index (κ2) is 14.2. The third-order valence-corrected chi connectivity index (χ3v) is 16.9. The zero-order valence-corrected chi connectivity index (χ0v) is 33.2. The zero-order chi connectivity index (χ0) is 40.3. The lowest BCUT2D eigenvalue weighted by Crippen LogP contribution is -2.69. The van der Waals surface area contributed by atoms with Gasteiger partial charge in [0.25, 0.3) is 0 Å². The van der Waals surface area contributed by atoms with Crippen LogP contribution in [0.15, 0.2) is 11.6 Å². The Morgan fingerprint density at radius 2 is 1.45 bits per heavy atom. The predicted molar refractivity (Wildman–Crippen MR) is 194 cm³/mol. The smallest absolute Gasteiger partial charge is 0.315 e. The van der Waals surface area contributed by atoms with Crippen LogP contribution in [0.25, 0.3) is 0 Å². The molecule has 0 spiro atoms. The SMILES string of the molecule is CC1(C)CC[C@]2(C(=O)O[C@@H]3O[C@H](CO)[C@@H](O)[C@H](O)[C@H]3O)CC[C@]3(C)C(=CC[C@@H]4[C@@]5(C)C[C@H](O)[C@H](O[C@@H]6OC[C@@H](O)[C@H](O)[C@H]6O)[C@@](C)(CO)[C@@H]5CC[C@]43C)[C@@H]2C1. The van der Waals surface area contributed by atoms with E-state index in [1.807, 2.05) is 6.92 Å². The molecule has 0 amide bonds. The highest BCUT2D eigenvalue weighted by Crippen LogP contribution is 2.76. The van der Waals surface area contributed by atoms with Crippen LogP contribution in [0, 0.1) is 50.2 Å². The normalized spacial score (nSPS) is 54.9. The first-order valence-corrected chi connectivity index (χ1v) is 20.5. The number of hydrogen-bond acceptors (Lipinski definition) is 14. The summed E-state index contributed by atoms with van der Waals surface area (Å²) in [5, 5.41) is 95.4. The van der Waals surface area contributed by atoms with Crippen LogP contribution in [-0.4, -0.2) is 139 Å². The fraction of sp³-hybridized carbons (Fsp3) is 0.927. The van der Waals surface area contributed by atoms with Crippen LogP contribution < -0.4 is 0 Å². The van der Waals surface area contributed by atoms with Crippen molar-refractivity contribution in [2.24, 2.45) is 50.2 Å². The van der Waals surface area contributed by atoms with Crippen molar-refractivity contribution in [2.45, 2.75) is 167 Å². The molecule has 19 atom stereocenters. The summed E-state index contributed by atoms with van der Waals surface area (Å²) >= 11 is 0. The van der Waals surface area contributed by atoms with Gasteiger partial charge < -0.3 is 64.9 Å². The van der Waals surface area contributed by atoms with Crippen LogP contribution in [0.4, 0.5) is 0 Å². The number of hydrogen-bond donors (Lipinski definition) is 9. The van der Waals surface area contributed by atoms with Gasteiger partial charge in [-0.2, -0.15) is 0 Å². The molecule has 55 heavy (non-hydrogen) atoms. The van der Waals surface area contributed by atoms with Gasteiger partial charge in [0.15, 0.2) is 6.29 Å². The summed E-state index contributed by atoms with van der Waals surface area (Å²) < 4.78 is 23.4. The van der Waals surface area contributed by atoms with Crippen LogP contribution in [0.3, 0.4) is 0 Å². The molecule has 5 aliphatic carbocycles. The van der Waals surface area contributed by atoms with Gasteiger partial charge in [0.1, 0.15) is 42.7 Å². The molecule has 6 fully saturated rings. The van der Waals surface area contributed by atoms with E-state index >= 15 is 0 Å². The first-order chi connectivity index (χ1) is 25.6. The Morgan fingerprint density at radius 3 is 2.13 bits per heavy atom. The fourth-order valence-electron chi connectivity index (χ4n) is 13.4. The largest absolute Gasteiger partial charge is 0.432 e. The lowest BCUT2D eigenvalue weighted by atomic mass is 9.33. The minimum Gasteiger partial charge on any atom is -0.432 e. The van der Waals surface area contributed by atoms with Crippen molar-refractivity contribution in [3.63, 3.8) is 0 Å². The fourth-order valence-corrected chi connectivity index (χ4v) is 13.4. The lowest BCUT2D eigenvalue weighted by molar-refractivity contribution is -0.328. The van der Waals surface area contributed by atoms with Crippen molar-refractivity contribution in [1.29, 1.82) is 0 Å². The second-order valence-corrected chi connectivity index (χ2v) is 20.2. The minimum absolute atomic E-state index is 0.0622. The monoisotopic (exact) mass is 782 g/mol. The highest BCUT2D eigenvalue weighted by atomic mass is 16.7. The summed E-state index contributed by atoms with van der Waals surface area (Å²) in [6.07, 6.45) is -6.75. The van der Waals surface area contributed by atoms with Crippen molar-refractivity contribution in [2.75, 3.05) is 19.8 Å². The van der Waals surface area contributed by atoms with Crippen molar-refractivity contribution in [3.05, 3.63) is 11.6 Å². The molecular formula is C41H66O14. The molecule has 7 aliphatic rings. The van der Waals surface area contributed by atoms with Crippen LogP contribution in [0.2, 0.25) is 0 Å². The molecule has 14 nitrogen and oxygen atoms in total. The molecule has 4 saturated carbocycles. The van der Waals surface area contributed by atoms with E-state index in [0.717, 1.165) is 25.7 Å². The molecule has 0 bridgehead atoms. The Morgan fingerprint density at radius 1 is 0.782 bits per heavy atom. The molecular weight excluding hydrogens is 716 g/mol. The van der Waals surface area contributed by atoms with Gasteiger partial charge in [0, 0.05) is 5.41 Å². The summed E-state index contributed by atoms with van der Waals surface area (Å²) in [7, 11) is 0. The van der Waals surface area contributed by atoms with E-state index in [1.54, 1.807) is 0 Å². The highest BCUT2D eigenvalue weighted by molar-refractivity contribution is 5.79. The molecule has 0 unspecified atom stereocenters. The minimum atomic E-state index is -1.69. The summed E-state index contributed by atoms with van der Waals surface area (Å²) in [5.41, 5.74) is -1.65. The van der Waals surface area contributed by atoms with Gasteiger partial charge in [-0.15, -0.1) is 0 Å². The Kier molecular flexibility index (Phi) is 10.8. The van der Waals surface area contributed by atoms with Gasteiger partial charge >= 0.3 is 5.97 Å². The molecule has 2 saturated heterocycles. The zero-order valence-electron chi connectivity index (χ0n) is 33.2. The van der Waals surface area contributed by atoms with E-state index in [0.29, 0.717) is 32.1 Å². The van der Waals surface area contributed by atoms with Crippen molar-refractivity contribution < 1.29 is 69.7 Å². The quantitative estimate of drug-likeness (QED) is 0.104. The summed E-state index contributed by atoms with van der Waals surface area (Å²) in [6, 6.07) is 0. The Bertz CT molecular complexity index is 1490. The number of ether oxygens (including phenoxy) is 4. The molecule has 314 valence electrons. The van der Waals surface area contributed by atoms with Crippen LogP contribution in [-0.2, 0) is 23.7 Å². The van der Waals surface area contributed by atoms with Gasteiger partial charge in [-0.05, 0) is 97.2 Å². The average Bonchev–Trinajstić information content (AvgIpc) is 3.13. The molecule has 2 heterocycles. The molecule has 9 N–H and O–H groups in total. The number of aliphatic hydroxyl groups excluding tert-OH is 9. The van der Waals surface area contributed by atoms with Crippen LogP contribution in [0.5, 0.6) is 0 Å². The first-order valence-electron chi connectivity index (χ1n) is 20.5. The van der Waals surface area contributed by atoms with Crippen molar-refractivity contribution >= 4 is 5.97 Å². The maximum Gasteiger partial charge on any atom is 0.315 e.